The minimum atomic E-state index is 1.11. The van der Waals surface area contributed by atoms with Gasteiger partial charge in [0.2, 0.25) is 0 Å². The molecular weight excluding hydrogens is 542 g/mol. The third-order valence-corrected chi connectivity index (χ3v) is 8.65. The van der Waals surface area contributed by atoms with Crippen LogP contribution in [0, 0.1) is 0 Å². The molecule has 1 nitrogen and oxygen atoms in total. The van der Waals surface area contributed by atoms with E-state index in [0.29, 0.717) is 0 Å². The van der Waals surface area contributed by atoms with Gasteiger partial charge in [-0.05, 0) is 85.9 Å². The molecular formula is C44H31N. The third kappa shape index (κ3) is 5.15. The molecule has 0 fully saturated rings. The zero-order valence-electron chi connectivity index (χ0n) is 24.8. The fraction of sp³-hybridized carbons (Fsp3) is 0. The van der Waals surface area contributed by atoms with Crippen molar-refractivity contribution in [1.82, 2.24) is 0 Å². The fourth-order valence-corrected chi connectivity index (χ4v) is 6.40. The number of benzene rings is 8. The molecule has 0 aromatic heterocycles. The molecule has 8 rings (SSSR count). The summed E-state index contributed by atoms with van der Waals surface area (Å²) in [7, 11) is 0. The Bertz CT molecular complexity index is 2230. The van der Waals surface area contributed by atoms with Gasteiger partial charge in [0, 0.05) is 16.8 Å². The smallest absolute Gasteiger partial charge is 0.0546 e. The van der Waals surface area contributed by atoms with Crippen molar-refractivity contribution >= 4 is 38.6 Å². The summed E-state index contributed by atoms with van der Waals surface area (Å²) in [5.74, 6) is 0. The molecule has 0 radical (unpaired) electrons. The normalized spacial score (nSPS) is 11.1. The van der Waals surface area contributed by atoms with Crippen LogP contribution in [0.5, 0.6) is 0 Å². The van der Waals surface area contributed by atoms with Crippen LogP contribution in [0.3, 0.4) is 0 Å². The minimum absolute atomic E-state index is 1.11. The number of hydrogen-bond acceptors (Lipinski definition) is 1. The van der Waals surface area contributed by atoms with Gasteiger partial charge in [0.05, 0.1) is 5.69 Å². The molecule has 0 aliphatic rings. The first-order valence-electron chi connectivity index (χ1n) is 15.4. The molecule has 1 heteroatoms. The summed E-state index contributed by atoms with van der Waals surface area (Å²) in [6, 6.07) is 67.7. The van der Waals surface area contributed by atoms with Crippen molar-refractivity contribution in [2.45, 2.75) is 0 Å². The number of anilines is 3. The van der Waals surface area contributed by atoms with Crippen molar-refractivity contribution in [1.29, 1.82) is 0 Å². The maximum absolute atomic E-state index is 2.40. The van der Waals surface area contributed by atoms with Gasteiger partial charge in [-0.3, -0.25) is 0 Å². The molecule has 0 spiro atoms. The predicted octanol–water partition coefficient (Wildman–Crippen LogP) is 12.5. The second-order valence-corrected chi connectivity index (χ2v) is 11.4. The van der Waals surface area contributed by atoms with Crippen LogP contribution in [0.1, 0.15) is 0 Å². The summed E-state index contributed by atoms with van der Waals surface area (Å²) in [6.45, 7) is 0. The van der Waals surface area contributed by atoms with Gasteiger partial charge in [0.15, 0.2) is 0 Å². The van der Waals surface area contributed by atoms with E-state index in [2.05, 4.69) is 193 Å². The first-order valence-corrected chi connectivity index (χ1v) is 15.4. The topological polar surface area (TPSA) is 3.24 Å². The molecule has 8 aromatic rings. The first-order chi connectivity index (χ1) is 22.3. The van der Waals surface area contributed by atoms with Crippen molar-refractivity contribution < 1.29 is 0 Å². The van der Waals surface area contributed by atoms with E-state index in [4.69, 9.17) is 0 Å². The highest BCUT2D eigenvalue weighted by Gasteiger charge is 2.18. The summed E-state index contributed by atoms with van der Waals surface area (Å²) in [5, 5.41) is 4.95. The van der Waals surface area contributed by atoms with Crippen LogP contribution < -0.4 is 4.90 Å². The molecule has 0 atom stereocenters. The van der Waals surface area contributed by atoms with Crippen molar-refractivity contribution in [2.75, 3.05) is 4.90 Å². The molecule has 0 saturated heterocycles. The quantitative estimate of drug-likeness (QED) is 0.191. The molecule has 0 N–H and O–H groups in total. The highest BCUT2D eigenvalue weighted by molar-refractivity contribution is 6.02. The first kappa shape index (κ1) is 26.7. The van der Waals surface area contributed by atoms with Crippen molar-refractivity contribution in [3.63, 3.8) is 0 Å². The van der Waals surface area contributed by atoms with Crippen LogP contribution in [0.15, 0.2) is 188 Å². The van der Waals surface area contributed by atoms with Crippen molar-refractivity contribution in [3.05, 3.63) is 188 Å². The van der Waals surface area contributed by atoms with Crippen LogP contribution in [0.25, 0.3) is 54.9 Å². The SMILES string of the molecule is c1ccc(-c2ccc(N(c3ccc(-c4cccc5ccccc45)cc3)c3cc(-c4ccccc4)cc4ccccc34)cc2)cc1. The lowest BCUT2D eigenvalue weighted by atomic mass is 9.97. The van der Waals surface area contributed by atoms with E-state index in [1.807, 2.05) is 0 Å². The number of rotatable bonds is 6. The second-order valence-electron chi connectivity index (χ2n) is 11.4. The molecule has 0 heterocycles. The zero-order chi connectivity index (χ0) is 30.0. The van der Waals surface area contributed by atoms with Gasteiger partial charge in [-0.15, -0.1) is 0 Å². The molecule has 0 aliphatic carbocycles. The lowest BCUT2D eigenvalue weighted by Gasteiger charge is -2.28. The van der Waals surface area contributed by atoms with Gasteiger partial charge in [-0.1, -0.05) is 152 Å². The fourth-order valence-electron chi connectivity index (χ4n) is 6.40. The average molecular weight is 574 g/mol. The summed E-state index contributed by atoms with van der Waals surface area (Å²) in [6.07, 6.45) is 0. The van der Waals surface area contributed by atoms with Crippen LogP contribution in [0.2, 0.25) is 0 Å². The molecule has 45 heavy (non-hydrogen) atoms. The Hall–Kier alpha value is -5.92. The average Bonchev–Trinajstić information content (AvgIpc) is 3.13. The third-order valence-electron chi connectivity index (χ3n) is 8.65. The molecule has 8 aromatic carbocycles. The Morgan fingerprint density at radius 3 is 1.44 bits per heavy atom. The lowest BCUT2D eigenvalue weighted by molar-refractivity contribution is 1.30. The number of nitrogens with zero attached hydrogens (tertiary/aromatic N) is 1. The van der Waals surface area contributed by atoms with E-state index in [0.717, 1.165) is 17.1 Å². The van der Waals surface area contributed by atoms with Crippen LogP contribution in [-0.4, -0.2) is 0 Å². The van der Waals surface area contributed by atoms with E-state index in [1.54, 1.807) is 0 Å². The molecule has 0 aliphatic heterocycles. The Morgan fingerprint density at radius 1 is 0.289 bits per heavy atom. The second kappa shape index (κ2) is 11.6. The predicted molar refractivity (Wildman–Crippen MR) is 192 cm³/mol. The maximum Gasteiger partial charge on any atom is 0.0546 e. The molecule has 0 saturated carbocycles. The van der Waals surface area contributed by atoms with Gasteiger partial charge in [0.1, 0.15) is 0 Å². The monoisotopic (exact) mass is 573 g/mol. The highest BCUT2D eigenvalue weighted by atomic mass is 15.1. The van der Waals surface area contributed by atoms with E-state index in [1.165, 1.54) is 54.9 Å². The van der Waals surface area contributed by atoms with Gasteiger partial charge < -0.3 is 4.90 Å². The van der Waals surface area contributed by atoms with E-state index < -0.39 is 0 Å². The van der Waals surface area contributed by atoms with Crippen molar-refractivity contribution in [3.8, 4) is 33.4 Å². The van der Waals surface area contributed by atoms with Crippen LogP contribution in [0.4, 0.5) is 17.1 Å². The van der Waals surface area contributed by atoms with Crippen LogP contribution >= 0.6 is 0 Å². The molecule has 212 valence electrons. The van der Waals surface area contributed by atoms with Gasteiger partial charge >= 0.3 is 0 Å². The minimum Gasteiger partial charge on any atom is -0.310 e. The van der Waals surface area contributed by atoms with Gasteiger partial charge in [0.25, 0.3) is 0 Å². The Balaban J connectivity index is 1.30. The van der Waals surface area contributed by atoms with E-state index in [-0.39, 0.29) is 0 Å². The van der Waals surface area contributed by atoms with Gasteiger partial charge in [-0.2, -0.15) is 0 Å². The number of fused-ring (bicyclic) bond motifs is 2. The van der Waals surface area contributed by atoms with Crippen molar-refractivity contribution in [2.24, 2.45) is 0 Å². The largest absolute Gasteiger partial charge is 0.310 e. The lowest BCUT2D eigenvalue weighted by Crippen LogP contribution is -2.10. The van der Waals surface area contributed by atoms with Crippen LogP contribution in [-0.2, 0) is 0 Å². The summed E-state index contributed by atoms with van der Waals surface area (Å²) < 4.78 is 0. The van der Waals surface area contributed by atoms with Gasteiger partial charge in [-0.25, -0.2) is 0 Å². The summed E-state index contributed by atoms with van der Waals surface area (Å²) in [5.41, 5.74) is 10.6. The molecule has 0 amide bonds. The zero-order valence-corrected chi connectivity index (χ0v) is 24.8. The number of hydrogen-bond donors (Lipinski definition) is 0. The standard InChI is InChI=1S/C44H31N/c1-3-12-32(13-4-1)34-22-26-39(27-23-34)45(40-28-24-36(25-29-40)42-21-11-18-35-16-7-9-19-41(35)42)44-31-38(33-14-5-2-6-15-33)30-37-17-8-10-20-43(37)44/h1-31H. The van der Waals surface area contributed by atoms with E-state index >= 15 is 0 Å². The Kier molecular flexibility index (Phi) is 6.90. The maximum atomic E-state index is 2.40. The Morgan fingerprint density at radius 2 is 0.778 bits per heavy atom. The highest BCUT2D eigenvalue weighted by Crippen LogP contribution is 2.42. The van der Waals surface area contributed by atoms with E-state index in [9.17, 15) is 0 Å². The molecule has 0 unspecified atom stereocenters. The molecule has 0 bridgehead atoms. The Labute approximate surface area is 264 Å². The summed E-state index contributed by atoms with van der Waals surface area (Å²) in [4.78, 5) is 2.40. The summed E-state index contributed by atoms with van der Waals surface area (Å²) >= 11 is 0.